The van der Waals surface area contributed by atoms with Gasteiger partial charge in [-0.2, -0.15) is 0 Å². The van der Waals surface area contributed by atoms with Gasteiger partial charge in [0, 0.05) is 43.5 Å². The Hall–Kier alpha value is -2.15. The predicted octanol–water partition coefficient (Wildman–Crippen LogP) is 2.48. The average Bonchev–Trinajstić information content (AvgIpc) is 2.74. The number of hydrogen-bond acceptors (Lipinski definition) is 4. The van der Waals surface area contributed by atoms with Gasteiger partial charge < -0.3 is 15.5 Å². The van der Waals surface area contributed by atoms with Crippen LogP contribution >= 0.6 is 24.8 Å². The van der Waals surface area contributed by atoms with E-state index in [9.17, 15) is 9.59 Å². The highest BCUT2D eigenvalue weighted by Crippen LogP contribution is 2.13. The third-order valence-electron chi connectivity index (χ3n) is 5.02. The molecule has 2 aromatic rings. The number of nitrogens with zero attached hydrogens (tertiary/aromatic N) is 2. The van der Waals surface area contributed by atoms with Crippen molar-refractivity contribution in [2.45, 2.75) is 31.3 Å². The molecule has 1 aliphatic rings. The van der Waals surface area contributed by atoms with Gasteiger partial charge >= 0.3 is 0 Å². The minimum atomic E-state index is -0.604. The Morgan fingerprint density at radius 2 is 1.79 bits per heavy atom. The Balaban J connectivity index is 0.00000210. The van der Waals surface area contributed by atoms with Crippen LogP contribution in [-0.2, 0) is 11.2 Å². The van der Waals surface area contributed by atoms with Crippen molar-refractivity contribution in [1.82, 2.24) is 20.5 Å². The molecular weight excluding hydrogens is 411 g/mol. The quantitative estimate of drug-likeness (QED) is 0.726. The molecule has 1 saturated heterocycles. The summed E-state index contributed by atoms with van der Waals surface area (Å²) < 4.78 is 0. The smallest absolute Gasteiger partial charge is 0.251 e. The first-order chi connectivity index (χ1) is 13.2. The number of rotatable bonds is 6. The van der Waals surface area contributed by atoms with Gasteiger partial charge in [-0.25, -0.2) is 0 Å². The van der Waals surface area contributed by atoms with Crippen molar-refractivity contribution in [2.75, 3.05) is 20.1 Å². The molecule has 0 saturated carbocycles. The number of likely N-dealkylation sites (tertiary alicyclic amines) is 1. The second-order valence-corrected chi connectivity index (χ2v) is 6.85. The zero-order valence-corrected chi connectivity index (χ0v) is 18.0. The summed E-state index contributed by atoms with van der Waals surface area (Å²) in [5.74, 6) is -0.263. The monoisotopic (exact) mass is 438 g/mol. The first kappa shape index (κ1) is 24.9. The molecule has 8 heteroatoms. The zero-order valence-electron chi connectivity index (χ0n) is 16.4. The molecule has 1 aromatic carbocycles. The van der Waals surface area contributed by atoms with E-state index in [0.29, 0.717) is 31.1 Å². The lowest BCUT2D eigenvalue weighted by atomic mass is 10.0. The Morgan fingerprint density at radius 1 is 1.10 bits per heavy atom. The predicted molar refractivity (Wildman–Crippen MR) is 119 cm³/mol. The molecule has 0 aliphatic carbocycles. The molecule has 1 aromatic heterocycles. The van der Waals surface area contributed by atoms with Crippen LogP contribution < -0.4 is 10.6 Å². The Morgan fingerprint density at radius 3 is 2.38 bits per heavy atom. The van der Waals surface area contributed by atoms with E-state index in [1.807, 2.05) is 42.3 Å². The van der Waals surface area contributed by atoms with Gasteiger partial charge in [0.15, 0.2) is 0 Å². The maximum atomic E-state index is 13.1. The molecule has 0 radical (unpaired) electrons. The van der Waals surface area contributed by atoms with E-state index in [1.54, 1.807) is 24.5 Å². The van der Waals surface area contributed by atoms with Crippen molar-refractivity contribution in [1.29, 1.82) is 0 Å². The van der Waals surface area contributed by atoms with Crippen LogP contribution in [0.5, 0.6) is 0 Å². The highest BCUT2D eigenvalue weighted by atomic mass is 35.5. The largest absolute Gasteiger partial charge is 0.341 e. The van der Waals surface area contributed by atoms with Gasteiger partial charge in [0.1, 0.15) is 6.04 Å². The van der Waals surface area contributed by atoms with Crippen molar-refractivity contribution >= 4 is 36.6 Å². The van der Waals surface area contributed by atoms with E-state index in [2.05, 4.69) is 15.6 Å². The zero-order chi connectivity index (χ0) is 19.1. The Bertz CT molecular complexity index is 754. The Labute approximate surface area is 184 Å². The van der Waals surface area contributed by atoms with E-state index < -0.39 is 6.04 Å². The first-order valence-electron chi connectivity index (χ1n) is 9.38. The van der Waals surface area contributed by atoms with Gasteiger partial charge in [-0.15, -0.1) is 24.8 Å². The third-order valence-corrected chi connectivity index (χ3v) is 5.02. The molecule has 2 amide bonds. The molecule has 158 valence electrons. The molecule has 29 heavy (non-hydrogen) atoms. The van der Waals surface area contributed by atoms with Gasteiger partial charge in [0.05, 0.1) is 0 Å². The second kappa shape index (κ2) is 12.4. The summed E-state index contributed by atoms with van der Waals surface area (Å²) in [6, 6.07) is 12.6. The standard InChI is InChI=1S/C21H26N4O2.2ClH/c1-22-18-9-12-25(13-10-18)21(27)19(14-16-6-5-11-23-15-16)24-20(26)17-7-3-2-4-8-17;;/h2-8,11,15,18-19,22H,9-10,12-14H2,1H3,(H,24,26);2*1H. The number of amides is 2. The van der Waals surface area contributed by atoms with Gasteiger partial charge in [-0.3, -0.25) is 14.6 Å². The summed E-state index contributed by atoms with van der Waals surface area (Å²) in [5.41, 5.74) is 1.48. The lowest BCUT2D eigenvalue weighted by molar-refractivity contribution is -0.134. The van der Waals surface area contributed by atoms with E-state index in [4.69, 9.17) is 0 Å². The fraction of sp³-hybridized carbons (Fsp3) is 0.381. The summed E-state index contributed by atoms with van der Waals surface area (Å²) in [7, 11) is 1.95. The van der Waals surface area contributed by atoms with Crippen LogP contribution in [0, 0.1) is 0 Å². The minimum absolute atomic E-state index is 0. The number of carbonyl (C=O) groups excluding carboxylic acids is 2. The highest BCUT2D eigenvalue weighted by Gasteiger charge is 2.29. The van der Waals surface area contributed by atoms with Crippen molar-refractivity contribution in [2.24, 2.45) is 0 Å². The van der Waals surface area contributed by atoms with Gasteiger partial charge in [0.2, 0.25) is 5.91 Å². The molecule has 6 nitrogen and oxygen atoms in total. The summed E-state index contributed by atoms with van der Waals surface area (Å²) in [6.07, 6.45) is 5.72. The van der Waals surface area contributed by atoms with Crippen molar-refractivity contribution in [3.05, 3.63) is 66.0 Å². The van der Waals surface area contributed by atoms with Gasteiger partial charge in [-0.05, 0) is 43.7 Å². The summed E-state index contributed by atoms with van der Waals surface area (Å²) in [5, 5.41) is 6.20. The maximum Gasteiger partial charge on any atom is 0.251 e. The SMILES string of the molecule is CNC1CCN(C(=O)C(Cc2cccnc2)NC(=O)c2ccccc2)CC1.Cl.Cl. The molecule has 1 atom stereocenters. The summed E-state index contributed by atoms with van der Waals surface area (Å²) in [4.78, 5) is 31.7. The van der Waals surface area contributed by atoms with Crippen LogP contribution in [0.15, 0.2) is 54.9 Å². The molecule has 0 spiro atoms. The van der Waals surface area contributed by atoms with Crippen LogP contribution in [0.4, 0.5) is 0 Å². The van der Waals surface area contributed by atoms with Gasteiger partial charge in [0.25, 0.3) is 5.91 Å². The fourth-order valence-corrected chi connectivity index (χ4v) is 3.39. The normalized spacial score (nSPS) is 14.9. The van der Waals surface area contributed by atoms with Gasteiger partial charge in [-0.1, -0.05) is 24.3 Å². The lowest BCUT2D eigenvalue weighted by Gasteiger charge is -2.34. The van der Waals surface area contributed by atoms with Crippen molar-refractivity contribution < 1.29 is 9.59 Å². The van der Waals surface area contributed by atoms with E-state index in [1.165, 1.54) is 0 Å². The lowest BCUT2D eigenvalue weighted by Crippen LogP contribution is -2.53. The topological polar surface area (TPSA) is 74.3 Å². The van der Waals surface area contributed by atoms with Crippen LogP contribution in [0.3, 0.4) is 0 Å². The number of benzene rings is 1. The third kappa shape index (κ3) is 6.99. The molecular formula is C21H28Cl2N4O2. The highest BCUT2D eigenvalue weighted by molar-refractivity contribution is 5.97. The summed E-state index contributed by atoms with van der Waals surface area (Å²) in [6.45, 7) is 1.41. The average molecular weight is 439 g/mol. The van der Waals surface area contributed by atoms with Crippen molar-refractivity contribution in [3.63, 3.8) is 0 Å². The fourth-order valence-electron chi connectivity index (χ4n) is 3.39. The molecule has 2 heterocycles. The van der Waals surface area contributed by atoms with E-state index >= 15 is 0 Å². The van der Waals surface area contributed by atoms with Crippen LogP contribution in [0.25, 0.3) is 0 Å². The first-order valence-corrected chi connectivity index (χ1v) is 9.38. The second-order valence-electron chi connectivity index (χ2n) is 6.85. The molecule has 3 rings (SSSR count). The van der Waals surface area contributed by atoms with Crippen molar-refractivity contribution in [3.8, 4) is 0 Å². The van der Waals surface area contributed by atoms with Crippen LogP contribution in [0.1, 0.15) is 28.8 Å². The Kier molecular flexibility index (Phi) is 10.7. The minimum Gasteiger partial charge on any atom is -0.341 e. The number of piperidine rings is 1. The van der Waals surface area contributed by atoms with Crippen LogP contribution in [-0.4, -0.2) is 53.9 Å². The summed E-state index contributed by atoms with van der Waals surface area (Å²) >= 11 is 0. The molecule has 1 fully saturated rings. The van der Waals surface area contributed by atoms with Crippen LogP contribution in [0.2, 0.25) is 0 Å². The number of aromatic nitrogens is 1. The van der Waals surface area contributed by atoms with E-state index in [0.717, 1.165) is 18.4 Å². The number of carbonyl (C=O) groups is 2. The molecule has 2 N–H and O–H groups in total. The number of hydrogen-bond donors (Lipinski definition) is 2. The maximum absolute atomic E-state index is 13.1. The number of nitrogens with one attached hydrogen (secondary N) is 2. The molecule has 0 bridgehead atoms. The number of pyridine rings is 1. The molecule has 1 unspecified atom stereocenters. The molecule has 1 aliphatic heterocycles. The number of halogens is 2. The van der Waals surface area contributed by atoms with E-state index in [-0.39, 0.29) is 36.6 Å².